The van der Waals surface area contributed by atoms with E-state index in [1.807, 2.05) is 18.2 Å². The van der Waals surface area contributed by atoms with Gasteiger partial charge in [0, 0.05) is 24.7 Å². The Kier molecular flexibility index (Phi) is 4.16. The summed E-state index contributed by atoms with van der Waals surface area (Å²) in [6.07, 6.45) is 3.60. The number of carboxylic acid groups (broad SMARTS) is 1. The van der Waals surface area contributed by atoms with Crippen LogP contribution in [0.1, 0.15) is 21.6 Å². The number of pyridine rings is 1. The average molecular weight is 444 g/mol. The maximum absolute atomic E-state index is 15.0. The molecule has 0 atom stereocenters. The molecule has 33 heavy (non-hydrogen) atoms. The fourth-order valence-corrected chi connectivity index (χ4v) is 4.69. The number of H-pyrrole nitrogens is 1. The van der Waals surface area contributed by atoms with Crippen molar-refractivity contribution >= 4 is 27.8 Å². The number of rotatable bonds is 4. The molecule has 5 aromatic rings. The summed E-state index contributed by atoms with van der Waals surface area (Å²) in [5.41, 5.74) is 2.23. The van der Waals surface area contributed by atoms with Crippen molar-refractivity contribution in [1.82, 2.24) is 9.55 Å². The normalized spacial score (nSPS) is 12.9. The number of aromatic carboxylic acids is 1. The predicted molar refractivity (Wildman–Crippen MR) is 119 cm³/mol. The maximum atomic E-state index is 15.0. The molecule has 6 rings (SSSR count). The van der Waals surface area contributed by atoms with Crippen LogP contribution in [0.25, 0.3) is 33.0 Å². The number of carboxylic acids is 1. The summed E-state index contributed by atoms with van der Waals surface area (Å²) in [5, 5.41) is 10.9. The maximum Gasteiger partial charge on any atom is 0.353 e. The third kappa shape index (κ3) is 2.87. The average Bonchev–Trinajstić information content (AvgIpc) is 3.52. The van der Waals surface area contributed by atoms with E-state index in [1.54, 1.807) is 12.1 Å². The molecule has 2 N–H and O–H groups in total. The first kappa shape index (κ1) is 19.4. The van der Waals surface area contributed by atoms with E-state index in [9.17, 15) is 19.1 Å². The second kappa shape index (κ2) is 7.09. The largest absolute Gasteiger partial charge is 0.493 e. The van der Waals surface area contributed by atoms with Crippen molar-refractivity contribution in [3.8, 4) is 16.9 Å². The van der Waals surface area contributed by atoms with Crippen LogP contribution in [-0.4, -0.2) is 27.2 Å². The minimum absolute atomic E-state index is 0.109. The van der Waals surface area contributed by atoms with Crippen LogP contribution in [0.4, 0.5) is 4.39 Å². The van der Waals surface area contributed by atoms with Crippen LogP contribution in [0.3, 0.4) is 0 Å². The molecule has 2 aromatic carbocycles. The number of hydrogen-bond donors (Lipinski definition) is 2. The summed E-state index contributed by atoms with van der Waals surface area (Å²) < 4.78 is 27.7. The number of carbonyl (C=O) groups is 1. The summed E-state index contributed by atoms with van der Waals surface area (Å²) in [6, 6.07) is 11.6. The molecule has 0 aliphatic carbocycles. The molecule has 8 heteroatoms. The van der Waals surface area contributed by atoms with Gasteiger partial charge in [-0.25, -0.2) is 9.18 Å². The number of halogens is 1. The minimum Gasteiger partial charge on any atom is -0.493 e. The topological polar surface area (TPSA) is 97.5 Å². The van der Waals surface area contributed by atoms with Gasteiger partial charge in [-0.2, -0.15) is 0 Å². The highest BCUT2D eigenvalue weighted by atomic mass is 19.1. The first-order chi connectivity index (χ1) is 16.0. The zero-order valence-corrected chi connectivity index (χ0v) is 17.2. The van der Waals surface area contributed by atoms with Crippen LogP contribution in [0, 0.1) is 5.82 Å². The highest BCUT2D eigenvalue weighted by Gasteiger charge is 2.29. The summed E-state index contributed by atoms with van der Waals surface area (Å²) >= 11 is 0. The molecule has 1 aliphatic heterocycles. The molecule has 0 unspecified atom stereocenters. The number of benzene rings is 2. The van der Waals surface area contributed by atoms with Crippen molar-refractivity contribution < 1.29 is 23.4 Å². The molecular weight excluding hydrogens is 427 g/mol. The van der Waals surface area contributed by atoms with E-state index in [1.165, 1.54) is 29.2 Å². The summed E-state index contributed by atoms with van der Waals surface area (Å²) in [6.45, 7) is 0.774. The van der Waals surface area contributed by atoms with Crippen molar-refractivity contribution in [2.75, 3.05) is 6.61 Å². The van der Waals surface area contributed by atoms with Gasteiger partial charge in [-0.05, 0) is 41.5 Å². The SMILES string of the molecule is O=C(O)c1c(-c2ccc[nH]c2=O)c2c3occc3c(F)cc2n1Cc1ccc2c(c1)CCO2. The van der Waals surface area contributed by atoms with Gasteiger partial charge in [0.15, 0.2) is 0 Å². The van der Waals surface area contributed by atoms with Crippen LogP contribution < -0.4 is 10.3 Å². The quantitative estimate of drug-likeness (QED) is 0.423. The Labute approximate surface area is 185 Å². The Morgan fingerprint density at radius 2 is 2.09 bits per heavy atom. The molecular formula is C25H17FN2O5. The lowest BCUT2D eigenvalue weighted by atomic mass is 10.0. The first-order valence-corrected chi connectivity index (χ1v) is 10.4. The molecule has 0 amide bonds. The van der Waals surface area contributed by atoms with Gasteiger partial charge in [0.2, 0.25) is 0 Å². The fraction of sp³-hybridized carbons (Fsp3) is 0.120. The molecule has 0 saturated heterocycles. The van der Waals surface area contributed by atoms with Crippen LogP contribution in [-0.2, 0) is 13.0 Å². The first-order valence-electron chi connectivity index (χ1n) is 10.4. The molecule has 7 nitrogen and oxygen atoms in total. The molecule has 0 fully saturated rings. The molecule has 164 valence electrons. The van der Waals surface area contributed by atoms with E-state index in [4.69, 9.17) is 9.15 Å². The van der Waals surface area contributed by atoms with Crippen LogP contribution in [0.15, 0.2) is 64.1 Å². The Hall–Kier alpha value is -4.33. The smallest absolute Gasteiger partial charge is 0.353 e. The van der Waals surface area contributed by atoms with E-state index >= 15 is 0 Å². The summed E-state index contributed by atoms with van der Waals surface area (Å²) in [7, 11) is 0. The third-order valence-corrected chi connectivity index (χ3v) is 6.10. The zero-order valence-electron chi connectivity index (χ0n) is 17.2. The van der Waals surface area contributed by atoms with Crippen molar-refractivity contribution in [2.45, 2.75) is 13.0 Å². The minimum atomic E-state index is -1.23. The van der Waals surface area contributed by atoms with Gasteiger partial charge in [-0.3, -0.25) is 4.79 Å². The van der Waals surface area contributed by atoms with E-state index in [-0.39, 0.29) is 34.3 Å². The lowest BCUT2D eigenvalue weighted by Crippen LogP contribution is -2.13. The second-order valence-corrected chi connectivity index (χ2v) is 7.98. The Morgan fingerprint density at radius 1 is 1.21 bits per heavy atom. The van der Waals surface area contributed by atoms with Gasteiger partial charge in [-0.1, -0.05) is 12.1 Å². The van der Waals surface area contributed by atoms with Gasteiger partial charge in [0.1, 0.15) is 22.8 Å². The summed E-state index contributed by atoms with van der Waals surface area (Å²) in [4.78, 5) is 27.8. The third-order valence-electron chi connectivity index (χ3n) is 6.10. The molecule has 0 spiro atoms. The van der Waals surface area contributed by atoms with Crippen molar-refractivity contribution in [2.24, 2.45) is 0 Å². The van der Waals surface area contributed by atoms with Gasteiger partial charge in [0.25, 0.3) is 5.56 Å². The molecule has 4 heterocycles. The van der Waals surface area contributed by atoms with Gasteiger partial charge in [-0.15, -0.1) is 0 Å². The van der Waals surface area contributed by atoms with E-state index < -0.39 is 17.3 Å². The number of aromatic nitrogens is 2. The number of nitrogens with zero attached hydrogens (tertiary/aromatic N) is 1. The van der Waals surface area contributed by atoms with Crippen LogP contribution in [0.5, 0.6) is 5.75 Å². The highest BCUT2D eigenvalue weighted by molar-refractivity contribution is 6.17. The number of nitrogens with one attached hydrogen (secondary N) is 1. The Morgan fingerprint density at radius 3 is 2.91 bits per heavy atom. The van der Waals surface area contributed by atoms with Gasteiger partial charge < -0.3 is 23.8 Å². The van der Waals surface area contributed by atoms with Gasteiger partial charge in [0.05, 0.1) is 34.7 Å². The van der Waals surface area contributed by atoms with Crippen LogP contribution in [0.2, 0.25) is 0 Å². The highest BCUT2D eigenvalue weighted by Crippen LogP contribution is 2.40. The van der Waals surface area contributed by atoms with Gasteiger partial charge >= 0.3 is 5.97 Å². The standard InChI is InChI=1S/C25H17FN2O5/c26-17-11-18-21(23-15(17)6-9-33-23)20(16-2-1-7-27-24(16)29)22(25(30)31)28(18)12-13-3-4-19-14(10-13)5-8-32-19/h1-4,6-7,9-11H,5,8,12H2,(H,27,29)(H,30,31). The Bertz CT molecular complexity index is 1640. The zero-order chi connectivity index (χ0) is 22.7. The van der Waals surface area contributed by atoms with Crippen molar-refractivity contribution in [1.29, 1.82) is 0 Å². The number of furan rings is 1. The Balaban J connectivity index is 1.71. The lowest BCUT2D eigenvalue weighted by molar-refractivity contribution is 0.0687. The monoisotopic (exact) mass is 444 g/mol. The molecule has 1 aliphatic rings. The molecule has 3 aromatic heterocycles. The van der Waals surface area contributed by atoms with Crippen molar-refractivity contribution in [3.05, 3.63) is 87.9 Å². The lowest BCUT2D eigenvalue weighted by Gasteiger charge is -2.11. The summed E-state index contributed by atoms with van der Waals surface area (Å²) in [5.74, 6) is -0.943. The number of aromatic amines is 1. The second-order valence-electron chi connectivity index (χ2n) is 7.98. The number of fused-ring (bicyclic) bond motifs is 4. The molecule has 0 bridgehead atoms. The van der Waals surface area contributed by atoms with E-state index in [2.05, 4.69) is 4.98 Å². The fourth-order valence-electron chi connectivity index (χ4n) is 4.69. The molecule has 0 radical (unpaired) electrons. The van der Waals surface area contributed by atoms with E-state index in [0.717, 1.165) is 23.3 Å². The van der Waals surface area contributed by atoms with E-state index in [0.29, 0.717) is 17.5 Å². The number of ether oxygens (including phenoxy) is 1. The number of hydrogen-bond acceptors (Lipinski definition) is 4. The van der Waals surface area contributed by atoms with Crippen molar-refractivity contribution in [3.63, 3.8) is 0 Å². The molecule has 0 saturated carbocycles. The van der Waals surface area contributed by atoms with Crippen LogP contribution >= 0.6 is 0 Å². The predicted octanol–water partition coefficient (Wildman–Crippen LogP) is 4.56.